The Kier molecular flexibility index (Phi) is 3.00. The van der Waals surface area contributed by atoms with Crippen LogP contribution in [0.2, 0.25) is 5.82 Å². The number of rotatable bonds is 2. The fourth-order valence-electron chi connectivity index (χ4n) is 2.74. The number of halogens is 2. The highest BCUT2D eigenvalue weighted by atomic mass is 19.1. The van der Waals surface area contributed by atoms with Crippen molar-refractivity contribution in [2.45, 2.75) is 57.1 Å². The molecule has 2 atom stereocenters. The molecule has 0 aromatic heterocycles. The molecule has 1 saturated heterocycles. The van der Waals surface area contributed by atoms with Gasteiger partial charge in [0.15, 0.2) is 0 Å². The Morgan fingerprint density at radius 1 is 1.10 bits per heavy atom. The lowest BCUT2D eigenvalue weighted by Crippen LogP contribution is -2.41. The Morgan fingerprint density at radius 2 is 1.70 bits per heavy atom. The van der Waals surface area contributed by atoms with E-state index in [1.54, 1.807) is 0 Å². The molecule has 1 aliphatic heterocycles. The van der Waals surface area contributed by atoms with E-state index >= 15 is 0 Å². The molecular weight excluding hydrogens is 261 g/mol. The quantitative estimate of drug-likeness (QED) is 0.764. The maximum Gasteiger partial charge on any atom is 0.461 e. The second kappa shape index (κ2) is 4.28. The lowest BCUT2D eigenvalue weighted by Gasteiger charge is -2.32. The van der Waals surface area contributed by atoms with Crippen LogP contribution < -0.4 is 0 Å². The second-order valence-corrected chi connectivity index (χ2v) is 6.80. The SMILES string of the molecule is CC1(C)OB([C@H]2C[C@@H]2c2cc(F)ccc2F)OC1(C)C. The van der Waals surface area contributed by atoms with Crippen LogP contribution in [-0.4, -0.2) is 18.3 Å². The molecule has 108 valence electrons. The summed E-state index contributed by atoms with van der Waals surface area (Å²) in [6, 6.07) is 3.61. The average Bonchev–Trinajstić information content (AvgIpc) is 3.06. The molecule has 0 amide bonds. The first-order valence-electron chi connectivity index (χ1n) is 7.02. The van der Waals surface area contributed by atoms with E-state index in [4.69, 9.17) is 9.31 Å². The Bertz CT molecular complexity index is 529. The lowest BCUT2D eigenvalue weighted by atomic mass is 9.79. The van der Waals surface area contributed by atoms with Gasteiger partial charge in [0, 0.05) is 5.82 Å². The normalized spacial score (nSPS) is 30.6. The van der Waals surface area contributed by atoms with Gasteiger partial charge in [-0.2, -0.15) is 0 Å². The van der Waals surface area contributed by atoms with Crippen LogP contribution in [-0.2, 0) is 9.31 Å². The molecule has 1 aromatic carbocycles. The summed E-state index contributed by atoms with van der Waals surface area (Å²) in [7, 11) is -0.340. The molecule has 2 aliphatic rings. The van der Waals surface area contributed by atoms with E-state index in [9.17, 15) is 8.78 Å². The summed E-state index contributed by atoms with van der Waals surface area (Å²) in [6.07, 6.45) is 0.775. The molecule has 1 heterocycles. The molecule has 2 nitrogen and oxygen atoms in total. The molecule has 1 saturated carbocycles. The summed E-state index contributed by atoms with van der Waals surface area (Å²) in [5.74, 6) is -0.663. The first kappa shape index (κ1) is 14.0. The maximum absolute atomic E-state index is 13.8. The first-order chi connectivity index (χ1) is 9.21. The number of benzene rings is 1. The zero-order chi connectivity index (χ0) is 14.7. The van der Waals surface area contributed by atoms with E-state index in [0.29, 0.717) is 5.56 Å². The van der Waals surface area contributed by atoms with Crippen LogP contribution in [0, 0.1) is 11.6 Å². The molecule has 5 heteroatoms. The maximum atomic E-state index is 13.8. The summed E-state index contributed by atoms with van der Waals surface area (Å²) >= 11 is 0. The van der Waals surface area contributed by atoms with Crippen LogP contribution in [0.25, 0.3) is 0 Å². The second-order valence-electron chi connectivity index (χ2n) is 6.80. The molecule has 0 spiro atoms. The monoisotopic (exact) mass is 280 g/mol. The smallest absolute Gasteiger partial charge is 0.403 e. The molecule has 0 radical (unpaired) electrons. The molecule has 20 heavy (non-hydrogen) atoms. The summed E-state index contributed by atoms with van der Waals surface area (Å²) in [6.45, 7) is 7.97. The first-order valence-corrected chi connectivity index (χ1v) is 7.02. The van der Waals surface area contributed by atoms with Crippen molar-refractivity contribution in [2.24, 2.45) is 0 Å². The van der Waals surface area contributed by atoms with Gasteiger partial charge in [0.1, 0.15) is 11.6 Å². The molecular formula is C15H19BF2O2. The molecule has 0 bridgehead atoms. The van der Waals surface area contributed by atoms with E-state index in [0.717, 1.165) is 12.5 Å². The minimum absolute atomic E-state index is 0.0135. The zero-order valence-corrected chi connectivity index (χ0v) is 12.2. The van der Waals surface area contributed by atoms with Gasteiger partial charge in [0.2, 0.25) is 0 Å². The topological polar surface area (TPSA) is 18.5 Å². The van der Waals surface area contributed by atoms with Crippen LogP contribution >= 0.6 is 0 Å². The van der Waals surface area contributed by atoms with E-state index in [-0.39, 0.29) is 35.9 Å². The van der Waals surface area contributed by atoms with Crippen LogP contribution in [0.4, 0.5) is 8.78 Å². The molecule has 1 aromatic rings. The van der Waals surface area contributed by atoms with Gasteiger partial charge in [-0.15, -0.1) is 0 Å². The lowest BCUT2D eigenvalue weighted by molar-refractivity contribution is 0.00578. The van der Waals surface area contributed by atoms with Gasteiger partial charge in [-0.1, -0.05) is 0 Å². The Hall–Kier alpha value is -0.935. The van der Waals surface area contributed by atoms with Crippen LogP contribution in [0.1, 0.15) is 45.6 Å². The third-order valence-electron chi connectivity index (χ3n) is 4.82. The summed E-state index contributed by atoms with van der Waals surface area (Å²) < 4.78 is 39.0. The van der Waals surface area contributed by atoms with Crippen molar-refractivity contribution in [3.63, 3.8) is 0 Å². The number of hydrogen-bond donors (Lipinski definition) is 0. The predicted molar refractivity (Wildman–Crippen MR) is 73.5 cm³/mol. The van der Waals surface area contributed by atoms with E-state index in [2.05, 4.69) is 0 Å². The van der Waals surface area contributed by atoms with Gasteiger partial charge < -0.3 is 9.31 Å². The van der Waals surface area contributed by atoms with Crippen molar-refractivity contribution in [1.29, 1.82) is 0 Å². The zero-order valence-electron chi connectivity index (χ0n) is 12.2. The van der Waals surface area contributed by atoms with Gasteiger partial charge >= 0.3 is 7.12 Å². The Labute approximate surface area is 118 Å². The van der Waals surface area contributed by atoms with E-state index < -0.39 is 5.82 Å². The highest BCUT2D eigenvalue weighted by Gasteiger charge is 2.60. The van der Waals surface area contributed by atoms with Crippen molar-refractivity contribution in [1.82, 2.24) is 0 Å². The molecule has 2 fully saturated rings. The van der Waals surface area contributed by atoms with E-state index in [1.807, 2.05) is 27.7 Å². The third-order valence-corrected chi connectivity index (χ3v) is 4.82. The molecule has 1 aliphatic carbocycles. The van der Waals surface area contributed by atoms with Gasteiger partial charge in [-0.05, 0) is 63.8 Å². The Morgan fingerprint density at radius 3 is 2.30 bits per heavy atom. The predicted octanol–water partition coefficient (Wildman–Crippen LogP) is 3.91. The number of hydrogen-bond acceptors (Lipinski definition) is 2. The highest BCUT2D eigenvalue weighted by Crippen LogP contribution is 2.58. The fraction of sp³-hybridized carbons (Fsp3) is 0.600. The largest absolute Gasteiger partial charge is 0.461 e. The van der Waals surface area contributed by atoms with Gasteiger partial charge in [0.25, 0.3) is 0 Å². The highest BCUT2D eigenvalue weighted by molar-refractivity contribution is 6.49. The van der Waals surface area contributed by atoms with Crippen molar-refractivity contribution >= 4 is 7.12 Å². The van der Waals surface area contributed by atoms with Crippen molar-refractivity contribution in [3.8, 4) is 0 Å². The average molecular weight is 280 g/mol. The summed E-state index contributed by atoms with van der Waals surface area (Å²) in [4.78, 5) is 0. The van der Waals surface area contributed by atoms with Crippen molar-refractivity contribution < 1.29 is 18.1 Å². The summed E-state index contributed by atoms with van der Waals surface area (Å²) in [5.41, 5.74) is -0.332. The Balaban J connectivity index is 1.76. The van der Waals surface area contributed by atoms with Gasteiger partial charge in [0.05, 0.1) is 11.2 Å². The molecule has 0 unspecified atom stereocenters. The standard InChI is InChI=1S/C15H19BF2O2/c1-14(2)15(3,4)20-16(19-14)12-8-10(12)11-7-9(17)5-6-13(11)18/h5-7,10,12H,8H2,1-4H3/t10-,12+/m1/s1. The molecule has 0 N–H and O–H groups in total. The fourth-order valence-corrected chi connectivity index (χ4v) is 2.74. The van der Waals surface area contributed by atoms with Crippen LogP contribution in [0.15, 0.2) is 18.2 Å². The van der Waals surface area contributed by atoms with Crippen LogP contribution in [0.5, 0.6) is 0 Å². The minimum atomic E-state index is -0.402. The van der Waals surface area contributed by atoms with Crippen molar-refractivity contribution in [2.75, 3.05) is 0 Å². The third kappa shape index (κ3) is 2.17. The van der Waals surface area contributed by atoms with Gasteiger partial charge in [-0.3, -0.25) is 0 Å². The van der Waals surface area contributed by atoms with Crippen molar-refractivity contribution in [3.05, 3.63) is 35.4 Å². The van der Waals surface area contributed by atoms with Crippen LogP contribution in [0.3, 0.4) is 0 Å². The van der Waals surface area contributed by atoms with Gasteiger partial charge in [-0.25, -0.2) is 8.78 Å². The summed E-state index contributed by atoms with van der Waals surface area (Å²) in [5, 5.41) is 0. The van der Waals surface area contributed by atoms with E-state index in [1.165, 1.54) is 12.1 Å². The molecule has 3 rings (SSSR count). The minimum Gasteiger partial charge on any atom is -0.403 e.